The Bertz CT molecular complexity index is 310. The zero-order valence-corrected chi connectivity index (χ0v) is 11.1. The molecule has 6 nitrogen and oxygen atoms in total. The standard InChI is InChI=1S/C12H21NO5/c1-12(2,3)18-11(16)13-8-6-4-5-7-17-9(8)10(14)15/h8-9H,4-7H2,1-3H3,(H,13,16)(H,14,15)/t8-,9+/m0/s1. The number of hydrogen-bond acceptors (Lipinski definition) is 4. The number of hydrogen-bond donors (Lipinski definition) is 2. The highest BCUT2D eigenvalue weighted by molar-refractivity contribution is 5.75. The summed E-state index contributed by atoms with van der Waals surface area (Å²) in [5, 5.41) is 11.6. The molecule has 0 aromatic carbocycles. The molecule has 0 unspecified atom stereocenters. The Morgan fingerprint density at radius 2 is 2.00 bits per heavy atom. The fourth-order valence-electron chi connectivity index (χ4n) is 1.79. The molecule has 0 spiro atoms. The van der Waals surface area contributed by atoms with Crippen molar-refractivity contribution in [1.29, 1.82) is 0 Å². The highest BCUT2D eigenvalue weighted by atomic mass is 16.6. The maximum atomic E-state index is 11.6. The van der Waals surface area contributed by atoms with E-state index in [1.165, 1.54) is 0 Å². The zero-order valence-electron chi connectivity index (χ0n) is 11.1. The minimum atomic E-state index is -1.06. The summed E-state index contributed by atoms with van der Waals surface area (Å²) in [6, 6.07) is -0.542. The van der Waals surface area contributed by atoms with Gasteiger partial charge in [0.1, 0.15) is 5.60 Å². The lowest BCUT2D eigenvalue weighted by Gasteiger charge is -2.25. The van der Waals surface area contributed by atoms with Crippen LogP contribution in [0.3, 0.4) is 0 Å². The molecule has 104 valence electrons. The van der Waals surface area contributed by atoms with E-state index in [1.807, 2.05) is 0 Å². The van der Waals surface area contributed by atoms with Crippen LogP contribution >= 0.6 is 0 Å². The summed E-state index contributed by atoms with van der Waals surface area (Å²) < 4.78 is 10.3. The van der Waals surface area contributed by atoms with Gasteiger partial charge in [-0.1, -0.05) is 0 Å². The molecular formula is C12H21NO5. The number of carboxylic acids is 1. The number of ether oxygens (including phenoxy) is 2. The molecule has 1 heterocycles. The van der Waals surface area contributed by atoms with Gasteiger partial charge in [-0.3, -0.25) is 0 Å². The molecule has 0 radical (unpaired) electrons. The summed E-state index contributed by atoms with van der Waals surface area (Å²) in [6.07, 6.45) is 0.598. The molecule has 1 amide bonds. The van der Waals surface area contributed by atoms with E-state index in [9.17, 15) is 9.59 Å². The maximum Gasteiger partial charge on any atom is 0.407 e. The normalized spacial score (nSPS) is 25.1. The fourth-order valence-corrected chi connectivity index (χ4v) is 1.79. The van der Waals surface area contributed by atoms with Crippen molar-refractivity contribution in [3.63, 3.8) is 0 Å². The Labute approximate surface area is 107 Å². The number of alkyl carbamates (subject to hydrolysis) is 1. The first-order chi connectivity index (χ1) is 8.29. The van der Waals surface area contributed by atoms with E-state index in [0.717, 1.165) is 12.8 Å². The molecule has 1 aliphatic heterocycles. The van der Waals surface area contributed by atoms with Gasteiger partial charge in [0, 0.05) is 6.61 Å². The minimum Gasteiger partial charge on any atom is -0.479 e. The molecule has 1 aliphatic rings. The van der Waals surface area contributed by atoms with Crippen LogP contribution in [0.15, 0.2) is 0 Å². The molecule has 6 heteroatoms. The van der Waals surface area contributed by atoms with Gasteiger partial charge < -0.3 is 19.9 Å². The summed E-state index contributed by atoms with van der Waals surface area (Å²) in [7, 11) is 0. The predicted molar refractivity (Wildman–Crippen MR) is 64.4 cm³/mol. The van der Waals surface area contributed by atoms with Crippen LogP contribution in [0.1, 0.15) is 40.0 Å². The smallest absolute Gasteiger partial charge is 0.407 e. The number of carboxylic acid groups (broad SMARTS) is 1. The molecule has 2 N–H and O–H groups in total. The van der Waals surface area contributed by atoms with Crippen LogP contribution in [-0.2, 0) is 14.3 Å². The fraction of sp³-hybridized carbons (Fsp3) is 0.833. The van der Waals surface area contributed by atoms with E-state index < -0.39 is 29.8 Å². The van der Waals surface area contributed by atoms with Crippen molar-refractivity contribution in [3.8, 4) is 0 Å². The molecule has 2 atom stereocenters. The molecule has 0 aromatic heterocycles. The van der Waals surface area contributed by atoms with Gasteiger partial charge in [0.15, 0.2) is 6.10 Å². The number of rotatable bonds is 2. The lowest BCUT2D eigenvalue weighted by atomic mass is 10.1. The number of amides is 1. The Morgan fingerprint density at radius 1 is 1.33 bits per heavy atom. The van der Waals surface area contributed by atoms with Gasteiger partial charge in [-0.25, -0.2) is 9.59 Å². The molecule has 1 rings (SSSR count). The maximum absolute atomic E-state index is 11.6. The van der Waals surface area contributed by atoms with E-state index in [0.29, 0.717) is 13.0 Å². The molecule has 18 heavy (non-hydrogen) atoms. The van der Waals surface area contributed by atoms with Crippen LogP contribution in [0.4, 0.5) is 4.79 Å². The molecule has 1 saturated heterocycles. The number of carbonyl (C=O) groups is 2. The lowest BCUT2D eigenvalue weighted by Crippen LogP contribution is -2.48. The first-order valence-corrected chi connectivity index (χ1v) is 6.13. The average Bonchev–Trinajstić information content (AvgIpc) is 2.39. The quantitative estimate of drug-likeness (QED) is 0.785. The van der Waals surface area contributed by atoms with Crippen molar-refractivity contribution in [3.05, 3.63) is 0 Å². The van der Waals surface area contributed by atoms with Gasteiger partial charge in [-0.2, -0.15) is 0 Å². The highest BCUT2D eigenvalue weighted by Gasteiger charge is 2.32. The topological polar surface area (TPSA) is 84.9 Å². The zero-order chi connectivity index (χ0) is 13.8. The summed E-state index contributed by atoms with van der Waals surface area (Å²) in [5.41, 5.74) is -0.603. The Morgan fingerprint density at radius 3 is 2.56 bits per heavy atom. The van der Waals surface area contributed by atoms with E-state index in [4.69, 9.17) is 14.6 Å². The van der Waals surface area contributed by atoms with E-state index in [2.05, 4.69) is 5.32 Å². The second-order valence-corrected chi connectivity index (χ2v) is 5.38. The summed E-state index contributed by atoms with van der Waals surface area (Å²) in [6.45, 7) is 5.67. The molecule has 0 bridgehead atoms. The Hall–Kier alpha value is -1.30. The average molecular weight is 259 g/mol. The van der Waals surface area contributed by atoms with Crippen molar-refractivity contribution in [1.82, 2.24) is 5.32 Å². The first-order valence-electron chi connectivity index (χ1n) is 6.13. The molecule has 1 fully saturated rings. The summed E-state index contributed by atoms with van der Waals surface area (Å²) in [5.74, 6) is -1.06. The van der Waals surface area contributed by atoms with Gasteiger partial charge in [0.05, 0.1) is 6.04 Å². The van der Waals surface area contributed by atoms with Crippen molar-refractivity contribution in [2.75, 3.05) is 6.61 Å². The van der Waals surface area contributed by atoms with Gasteiger partial charge >= 0.3 is 12.1 Å². The molecule has 0 saturated carbocycles. The van der Waals surface area contributed by atoms with Crippen LogP contribution in [-0.4, -0.2) is 41.5 Å². The van der Waals surface area contributed by atoms with E-state index in [-0.39, 0.29) is 0 Å². The Kier molecular flexibility index (Phi) is 4.95. The Balaban J connectivity index is 2.60. The monoisotopic (exact) mass is 259 g/mol. The predicted octanol–water partition coefficient (Wildman–Crippen LogP) is 1.53. The lowest BCUT2D eigenvalue weighted by molar-refractivity contribution is -0.151. The number of aliphatic carboxylic acids is 1. The van der Waals surface area contributed by atoms with Crippen LogP contribution in [0.5, 0.6) is 0 Å². The molecular weight excluding hydrogens is 238 g/mol. The van der Waals surface area contributed by atoms with Crippen molar-refractivity contribution in [2.24, 2.45) is 0 Å². The minimum absolute atomic E-state index is 0.406. The molecule has 0 aliphatic carbocycles. The van der Waals surface area contributed by atoms with Gasteiger partial charge in [0.2, 0.25) is 0 Å². The number of carbonyl (C=O) groups excluding carboxylic acids is 1. The third-order valence-corrected chi connectivity index (χ3v) is 2.52. The van der Waals surface area contributed by atoms with E-state index >= 15 is 0 Å². The second-order valence-electron chi connectivity index (χ2n) is 5.38. The van der Waals surface area contributed by atoms with E-state index in [1.54, 1.807) is 20.8 Å². The van der Waals surface area contributed by atoms with Crippen LogP contribution < -0.4 is 5.32 Å². The third-order valence-electron chi connectivity index (χ3n) is 2.52. The van der Waals surface area contributed by atoms with Crippen molar-refractivity contribution in [2.45, 2.75) is 57.8 Å². The SMILES string of the molecule is CC(C)(C)OC(=O)N[C@H]1CCCCO[C@H]1C(=O)O. The van der Waals surface area contributed by atoms with Crippen molar-refractivity contribution < 1.29 is 24.2 Å². The second kappa shape index (κ2) is 6.04. The van der Waals surface area contributed by atoms with Crippen LogP contribution in [0.25, 0.3) is 0 Å². The van der Waals surface area contributed by atoms with Crippen LogP contribution in [0, 0.1) is 0 Å². The highest BCUT2D eigenvalue weighted by Crippen LogP contribution is 2.15. The van der Waals surface area contributed by atoms with Gasteiger partial charge in [-0.15, -0.1) is 0 Å². The third kappa shape index (κ3) is 4.91. The van der Waals surface area contributed by atoms with Gasteiger partial charge in [-0.05, 0) is 40.0 Å². The van der Waals surface area contributed by atoms with Gasteiger partial charge in [0.25, 0.3) is 0 Å². The summed E-state index contributed by atoms with van der Waals surface area (Å²) in [4.78, 5) is 22.7. The summed E-state index contributed by atoms with van der Waals surface area (Å²) >= 11 is 0. The van der Waals surface area contributed by atoms with Crippen molar-refractivity contribution >= 4 is 12.1 Å². The largest absolute Gasteiger partial charge is 0.479 e. The first kappa shape index (κ1) is 14.8. The van der Waals surface area contributed by atoms with Crippen LogP contribution in [0.2, 0.25) is 0 Å². The number of nitrogens with one attached hydrogen (secondary N) is 1. The molecule has 0 aromatic rings.